The van der Waals surface area contributed by atoms with Gasteiger partial charge < -0.3 is 16.0 Å². The standard InChI is InChI=1S/C14H16N4O/c15-6-3-7-17-14(19)12(16)8-10-9-18-13-5-2-1-4-11(10)13/h1-2,4-5,9,12,18H,3,7-8,16H2,(H,17,19)/t12-/m1/s1. The van der Waals surface area contributed by atoms with Crippen LogP contribution >= 0.6 is 0 Å². The summed E-state index contributed by atoms with van der Waals surface area (Å²) in [6, 6.07) is 9.27. The number of nitrogens with one attached hydrogen (secondary N) is 2. The van der Waals surface area contributed by atoms with Crippen LogP contribution in [0.3, 0.4) is 0 Å². The molecule has 0 spiro atoms. The van der Waals surface area contributed by atoms with Gasteiger partial charge in [0.2, 0.25) is 5.91 Å². The van der Waals surface area contributed by atoms with Crippen LogP contribution < -0.4 is 11.1 Å². The lowest BCUT2D eigenvalue weighted by atomic mass is 10.1. The molecule has 0 aliphatic heterocycles. The number of carbonyl (C=O) groups is 1. The summed E-state index contributed by atoms with van der Waals surface area (Å²) < 4.78 is 0. The Labute approximate surface area is 111 Å². The summed E-state index contributed by atoms with van der Waals surface area (Å²) in [7, 11) is 0. The highest BCUT2D eigenvalue weighted by molar-refractivity contribution is 5.86. The SMILES string of the molecule is N#CCCNC(=O)[C@H](N)Cc1c[nH]c2ccccc12. The molecule has 0 saturated heterocycles. The van der Waals surface area contributed by atoms with E-state index in [0.717, 1.165) is 16.5 Å². The highest BCUT2D eigenvalue weighted by Crippen LogP contribution is 2.18. The van der Waals surface area contributed by atoms with Gasteiger partial charge in [0.15, 0.2) is 0 Å². The minimum absolute atomic E-state index is 0.222. The molecule has 1 amide bonds. The highest BCUT2D eigenvalue weighted by Gasteiger charge is 2.15. The molecule has 1 aromatic carbocycles. The van der Waals surface area contributed by atoms with Crippen LogP contribution in [0.5, 0.6) is 0 Å². The van der Waals surface area contributed by atoms with Gasteiger partial charge in [-0.25, -0.2) is 0 Å². The smallest absolute Gasteiger partial charge is 0.237 e. The van der Waals surface area contributed by atoms with Gasteiger partial charge in [0.05, 0.1) is 18.5 Å². The average Bonchev–Trinajstić information content (AvgIpc) is 2.82. The molecular formula is C14H16N4O. The molecule has 5 heteroatoms. The summed E-state index contributed by atoms with van der Waals surface area (Å²) in [5, 5.41) is 12.1. The Hall–Kier alpha value is -2.32. The average molecular weight is 256 g/mol. The van der Waals surface area contributed by atoms with E-state index in [1.165, 1.54) is 0 Å². The number of H-pyrrole nitrogens is 1. The van der Waals surface area contributed by atoms with Crippen molar-refractivity contribution in [3.05, 3.63) is 36.0 Å². The van der Waals surface area contributed by atoms with Crippen molar-refractivity contribution in [1.29, 1.82) is 5.26 Å². The van der Waals surface area contributed by atoms with Gasteiger partial charge in [-0.1, -0.05) is 18.2 Å². The van der Waals surface area contributed by atoms with Gasteiger partial charge in [-0.15, -0.1) is 0 Å². The van der Waals surface area contributed by atoms with Gasteiger partial charge in [-0.2, -0.15) is 5.26 Å². The van der Waals surface area contributed by atoms with Crippen molar-refractivity contribution in [2.24, 2.45) is 5.73 Å². The number of hydrogen-bond acceptors (Lipinski definition) is 3. The number of nitrogens with zero attached hydrogens (tertiary/aromatic N) is 1. The number of carbonyl (C=O) groups excluding carboxylic acids is 1. The van der Waals surface area contributed by atoms with Crippen molar-refractivity contribution in [1.82, 2.24) is 10.3 Å². The first-order valence-corrected chi connectivity index (χ1v) is 6.17. The molecule has 0 saturated carbocycles. The highest BCUT2D eigenvalue weighted by atomic mass is 16.2. The number of aromatic amines is 1. The fourth-order valence-corrected chi connectivity index (χ4v) is 2.00. The van der Waals surface area contributed by atoms with Crippen LogP contribution in [0.2, 0.25) is 0 Å². The predicted octanol–water partition coefficient (Wildman–Crippen LogP) is 1.07. The first-order valence-electron chi connectivity index (χ1n) is 6.17. The third kappa shape index (κ3) is 3.12. The van der Waals surface area contributed by atoms with Gasteiger partial charge in [0.25, 0.3) is 0 Å². The van der Waals surface area contributed by atoms with Crippen molar-refractivity contribution < 1.29 is 4.79 Å². The van der Waals surface area contributed by atoms with Crippen LogP contribution in [0, 0.1) is 11.3 Å². The van der Waals surface area contributed by atoms with Gasteiger partial charge in [0.1, 0.15) is 0 Å². The molecule has 0 fully saturated rings. The largest absolute Gasteiger partial charge is 0.361 e. The number of amides is 1. The molecule has 0 aliphatic carbocycles. The molecule has 2 rings (SSSR count). The fourth-order valence-electron chi connectivity index (χ4n) is 2.00. The molecule has 1 heterocycles. The summed E-state index contributed by atoms with van der Waals surface area (Å²) in [6.07, 6.45) is 2.65. The first-order chi connectivity index (χ1) is 9.22. The van der Waals surface area contributed by atoms with E-state index in [0.29, 0.717) is 19.4 Å². The molecule has 5 nitrogen and oxygen atoms in total. The number of fused-ring (bicyclic) bond motifs is 1. The number of hydrogen-bond donors (Lipinski definition) is 3. The van der Waals surface area contributed by atoms with E-state index < -0.39 is 6.04 Å². The van der Waals surface area contributed by atoms with Crippen molar-refractivity contribution in [3.8, 4) is 6.07 Å². The molecule has 4 N–H and O–H groups in total. The maximum atomic E-state index is 11.7. The number of aromatic nitrogens is 1. The van der Waals surface area contributed by atoms with Crippen LogP contribution in [-0.2, 0) is 11.2 Å². The molecule has 98 valence electrons. The van der Waals surface area contributed by atoms with E-state index in [1.807, 2.05) is 36.5 Å². The van der Waals surface area contributed by atoms with Crippen molar-refractivity contribution in [2.75, 3.05) is 6.54 Å². The van der Waals surface area contributed by atoms with Crippen LogP contribution in [0.15, 0.2) is 30.5 Å². The summed E-state index contributed by atoms with van der Waals surface area (Å²) in [5.41, 5.74) is 7.94. The van der Waals surface area contributed by atoms with Crippen LogP contribution in [0.1, 0.15) is 12.0 Å². The molecule has 0 unspecified atom stereocenters. The zero-order valence-corrected chi connectivity index (χ0v) is 10.5. The van der Waals surface area contributed by atoms with E-state index in [2.05, 4.69) is 10.3 Å². The van der Waals surface area contributed by atoms with E-state index in [9.17, 15) is 4.79 Å². The van der Waals surface area contributed by atoms with Crippen molar-refractivity contribution in [2.45, 2.75) is 18.9 Å². The normalized spacial score (nSPS) is 12.0. The molecule has 19 heavy (non-hydrogen) atoms. The number of para-hydroxylation sites is 1. The van der Waals surface area contributed by atoms with Crippen LogP contribution in [0.4, 0.5) is 0 Å². The summed E-state index contributed by atoms with van der Waals surface area (Å²) in [4.78, 5) is 14.9. The topological polar surface area (TPSA) is 94.7 Å². The lowest BCUT2D eigenvalue weighted by Gasteiger charge is -2.10. The third-order valence-corrected chi connectivity index (χ3v) is 2.99. The van der Waals surface area contributed by atoms with E-state index in [-0.39, 0.29) is 5.91 Å². The van der Waals surface area contributed by atoms with Crippen LogP contribution in [-0.4, -0.2) is 23.5 Å². The Balaban J connectivity index is 2.00. The van der Waals surface area contributed by atoms with Crippen molar-refractivity contribution >= 4 is 16.8 Å². The lowest BCUT2D eigenvalue weighted by Crippen LogP contribution is -2.42. The maximum Gasteiger partial charge on any atom is 0.237 e. The Morgan fingerprint density at radius 1 is 1.47 bits per heavy atom. The molecule has 1 aromatic heterocycles. The second kappa shape index (κ2) is 6.03. The molecule has 1 atom stereocenters. The fraction of sp³-hybridized carbons (Fsp3) is 0.286. The molecule has 0 radical (unpaired) electrons. The van der Waals surface area contributed by atoms with Gasteiger partial charge in [0, 0.05) is 23.6 Å². The Morgan fingerprint density at radius 3 is 3.05 bits per heavy atom. The number of benzene rings is 1. The Morgan fingerprint density at radius 2 is 2.26 bits per heavy atom. The van der Waals surface area contributed by atoms with Crippen molar-refractivity contribution in [3.63, 3.8) is 0 Å². The second-order valence-electron chi connectivity index (χ2n) is 4.37. The van der Waals surface area contributed by atoms with Gasteiger partial charge >= 0.3 is 0 Å². The van der Waals surface area contributed by atoms with E-state index in [1.54, 1.807) is 0 Å². The molecule has 0 bridgehead atoms. The third-order valence-electron chi connectivity index (χ3n) is 2.99. The quantitative estimate of drug-likeness (QED) is 0.698. The second-order valence-corrected chi connectivity index (χ2v) is 4.37. The monoisotopic (exact) mass is 256 g/mol. The zero-order valence-electron chi connectivity index (χ0n) is 10.5. The maximum absolute atomic E-state index is 11.7. The van der Waals surface area contributed by atoms with Gasteiger partial charge in [-0.05, 0) is 18.1 Å². The first kappa shape index (κ1) is 13.1. The number of nitrogens with two attached hydrogens (primary N) is 1. The molecule has 2 aromatic rings. The Bertz CT molecular complexity index is 611. The number of rotatable bonds is 5. The minimum atomic E-state index is -0.599. The zero-order chi connectivity index (χ0) is 13.7. The summed E-state index contributed by atoms with van der Waals surface area (Å²) >= 11 is 0. The van der Waals surface area contributed by atoms with E-state index >= 15 is 0 Å². The summed E-state index contributed by atoms with van der Waals surface area (Å²) in [6.45, 7) is 0.344. The van der Waals surface area contributed by atoms with E-state index in [4.69, 9.17) is 11.0 Å². The molecule has 0 aliphatic rings. The number of nitriles is 1. The summed E-state index contributed by atoms with van der Waals surface area (Å²) in [5.74, 6) is -0.222. The lowest BCUT2D eigenvalue weighted by molar-refractivity contribution is -0.122. The van der Waals surface area contributed by atoms with Crippen LogP contribution in [0.25, 0.3) is 10.9 Å². The molecular weight excluding hydrogens is 240 g/mol. The minimum Gasteiger partial charge on any atom is -0.361 e. The Kier molecular flexibility index (Phi) is 4.16. The van der Waals surface area contributed by atoms with Gasteiger partial charge in [-0.3, -0.25) is 4.79 Å². The predicted molar refractivity (Wildman–Crippen MR) is 73.2 cm³/mol.